The van der Waals surface area contributed by atoms with E-state index in [1.54, 1.807) is 0 Å². The van der Waals surface area contributed by atoms with Crippen molar-refractivity contribution in [2.45, 2.75) is 12.8 Å². The maximum Gasteiger partial charge on any atom is 0.0270 e. The summed E-state index contributed by atoms with van der Waals surface area (Å²) in [4.78, 5) is 6.43. The Bertz CT molecular complexity index is 299. The monoisotopic (exact) mass is 219 g/mol. The Morgan fingerprint density at radius 2 is 2.25 bits per heavy atom. The average molecular weight is 219 g/mol. The van der Waals surface area contributed by atoms with E-state index < -0.39 is 0 Å². The van der Waals surface area contributed by atoms with Gasteiger partial charge in [-0.1, -0.05) is 0 Å². The molecule has 3 heteroatoms. The molecule has 0 spiro atoms. The highest BCUT2D eigenvalue weighted by atomic mass is 15.1. The van der Waals surface area contributed by atoms with Crippen LogP contribution in [0.5, 0.6) is 0 Å². The predicted molar refractivity (Wildman–Crippen MR) is 66.4 cm³/mol. The number of rotatable bonds is 5. The van der Waals surface area contributed by atoms with E-state index in [0.717, 1.165) is 25.4 Å². The highest BCUT2D eigenvalue weighted by molar-refractivity contribution is 5.09. The molecule has 1 aliphatic heterocycles. The molecule has 0 saturated carbocycles. The summed E-state index contributed by atoms with van der Waals surface area (Å²) < 4.78 is 0. The Morgan fingerprint density at radius 3 is 2.94 bits per heavy atom. The van der Waals surface area contributed by atoms with Crippen molar-refractivity contribution in [2.75, 3.05) is 33.2 Å². The maximum atomic E-state index is 4.02. The van der Waals surface area contributed by atoms with Gasteiger partial charge in [0.15, 0.2) is 0 Å². The van der Waals surface area contributed by atoms with Gasteiger partial charge in [0.2, 0.25) is 0 Å². The zero-order valence-electron chi connectivity index (χ0n) is 10.0. The Kier molecular flexibility index (Phi) is 4.31. The van der Waals surface area contributed by atoms with Crippen molar-refractivity contribution < 1.29 is 0 Å². The van der Waals surface area contributed by atoms with E-state index in [4.69, 9.17) is 0 Å². The lowest BCUT2D eigenvalue weighted by molar-refractivity contribution is 0.389. The van der Waals surface area contributed by atoms with Gasteiger partial charge in [-0.25, -0.2) is 0 Å². The molecule has 0 amide bonds. The van der Waals surface area contributed by atoms with Crippen molar-refractivity contribution in [2.24, 2.45) is 5.92 Å². The smallest absolute Gasteiger partial charge is 0.0270 e. The molecule has 2 rings (SSSR count). The minimum Gasteiger partial charge on any atom is -0.316 e. The molecule has 16 heavy (non-hydrogen) atoms. The Hall–Kier alpha value is -0.930. The molecule has 2 heterocycles. The maximum absolute atomic E-state index is 4.02. The molecule has 1 N–H and O–H groups in total. The van der Waals surface area contributed by atoms with Crippen molar-refractivity contribution in [3.63, 3.8) is 0 Å². The summed E-state index contributed by atoms with van der Waals surface area (Å²) >= 11 is 0. The van der Waals surface area contributed by atoms with E-state index in [1.807, 2.05) is 12.4 Å². The van der Waals surface area contributed by atoms with Gasteiger partial charge < -0.3 is 10.2 Å². The summed E-state index contributed by atoms with van der Waals surface area (Å²) in [5.41, 5.74) is 1.37. The van der Waals surface area contributed by atoms with Crippen LogP contribution in [-0.2, 0) is 6.42 Å². The van der Waals surface area contributed by atoms with Crippen LogP contribution in [0.4, 0.5) is 0 Å². The second-order valence-corrected chi connectivity index (χ2v) is 4.73. The highest BCUT2D eigenvalue weighted by Crippen LogP contribution is 2.12. The van der Waals surface area contributed by atoms with Gasteiger partial charge in [-0.2, -0.15) is 0 Å². The van der Waals surface area contributed by atoms with Crippen LogP contribution in [0.15, 0.2) is 24.5 Å². The summed E-state index contributed by atoms with van der Waals surface area (Å²) in [6.45, 7) is 4.75. The summed E-state index contributed by atoms with van der Waals surface area (Å²) in [5, 5.41) is 3.55. The fourth-order valence-electron chi connectivity index (χ4n) is 2.28. The van der Waals surface area contributed by atoms with Crippen LogP contribution >= 0.6 is 0 Å². The zero-order chi connectivity index (χ0) is 11.2. The van der Waals surface area contributed by atoms with E-state index >= 15 is 0 Å². The first-order chi connectivity index (χ1) is 7.84. The van der Waals surface area contributed by atoms with Crippen molar-refractivity contribution in [3.8, 4) is 0 Å². The molecule has 1 unspecified atom stereocenters. The first-order valence-corrected chi connectivity index (χ1v) is 6.13. The molecular weight excluding hydrogens is 198 g/mol. The van der Waals surface area contributed by atoms with Crippen molar-refractivity contribution in [1.82, 2.24) is 15.2 Å². The van der Waals surface area contributed by atoms with Gasteiger partial charge in [0, 0.05) is 18.9 Å². The van der Waals surface area contributed by atoms with Crippen LogP contribution in [0.25, 0.3) is 0 Å². The SMILES string of the molecule is CN1CCC(CNCCc2ccncc2)C1. The van der Waals surface area contributed by atoms with Crippen molar-refractivity contribution in [3.05, 3.63) is 30.1 Å². The Labute approximate surface area is 97.9 Å². The largest absolute Gasteiger partial charge is 0.316 e. The highest BCUT2D eigenvalue weighted by Gasteiger charge is 2.18. The molecular formula is C13H21N3. The lowest BCUT2D eigenvalue weighted by Crippen LogP contribution is -2.26. The fourth-order valence-corrected chi connectivity index (χ4v) is 2.28. The third kappa shape index (κ3) is 3.58. The average Bonchev–Trinajstić information content (AvgIpc) is 2.72. The van der Waals surface area contributed by atoms with Gasteiger partial charge in [-0.05, 0) is 63.1 Å². The lowest BCUT2D eigenvalue weighted by Gasteiger charge is -2.11. The van der Waals surface area contributed by atoms with Crippen LogP contribution in [0.2, 0.25) is 0 Å². The van der Waals surface area contributed by atoms with Gasteiger partial charge in [0.05, 0.1) is 0 Å². The number of hydrogen-bond donors (Lipinski definition) is 1. The topological polar surface area (TPSA) is 28.2 Å². The number of nitrogens with zero attached hydrogens (tertiary/aromatic N) is 2. The molecule has 1 saturated heterocycles. The van der Waals surface area contributed by atoms with Gasteiger partial charge >= 0.3 is 0 Å². The Morgan fingerprint density at radius 1 is 1.44 bits per heavy atom. The quantitative estimate of drug-likeness (QED) is 0.753. The molecule has 0 radical (unpaired) electrons. The molecule has 0 aliphatic carbocycles. The number of likely N-dealkylation sites (tertiary alicyclic amines) is 1. The fraction of sp³-hybridized carbons (Fsp3) is 0.615. The minimum absolute atomic E-state index is 0.849. The minimum atomic E-state index is 0.849. The second kappa shape index (κ2) is 5.97. The second-order valence-electron chi connectivity index (χ2n) is 4.73. The first kappa shape index (κ1) is 11.6. The third-order valence-corrected chi connectivity index (χ3v) is 3.26. The van der Waals surface area contributed by atoms with E-state index in [-0.39, 0.29) is 0 Å². The number of pyridine rings is 1. The molecule has 1 aromatic rings. The first-order valence-electron chi connectivity index (χ1n) is 6.13. The van der Waals surface area contributed by atoms with Crippen LogP contribution in [0, 0.1) is 5.92 Å². The predicted octanol–water partition coefficient (Wildman–Crippen LogP) is 1.17. The standard InChI is InChI=1S/C13H21N3/c1-16-9-5-13(11-16)10-15-8-4-12-2-6-14-7-3-12/h2-3,6-7,13,15H,4-5,8-11H2,1H3. The molecule has 1 aromatic heterocycles. The summed E-state index contributed by atoms with van der Waals surface area (Å²) in [7, 11) is 2.21. The van der Waals surface area contributed by atoms with Crippen LogP contribution in [0.3, 0.4) is 0 Å². The van der Waals surface area contributed by atoms with Crippen LogP contribution in [0.1, 0.15) is 12.0 Å². The number of aromatic nitrogens is 1. The number of nitrogens with one attached hydrogen (secondary N) is 1. The van der Waals surface area contributed by atoms with Gasteiger partial charge in [0.1, 0.15) is 0 Å². The molecule has 1 aliphatic rings. The van der Waals surface area contributed by atoms with E-state index in [0.29, 0.717) is 0 Å². The van der Waals surface area contributed by atoms with Gasteiger partial charge in [-0.3, -0.25) is 4.98 Å². The van der Waals surface area contributed by atoms with Gasteiger partial charge in [0.25, 0.3) is 0 Å². The lowest BCUT2D eigenvalue weighted by atomic mass is 10.1. The van der Waals surface area contributed by atoms with E-state index in [2.05, 4.69) is 34.4 Å². The molecule has 0 aromatic carbocycles. The van der Waals surface area contributed by atoms with Crippen LogP contribution in [-0.4, -0.2) is 43.1 Å². The molecule has 88 valence electrons. The Balaban J connectivity index is 1.59. The van der Waals surface area contributed by atoms with Crippen molar-refractivity contribution in [1.29, 1.82) is 0 Å². The summed E-state index contributed by atoms with van der Waals surface area (Å²) in [6, 6.07) is 4.18. The normalized spacial score (nSPS) is 21.4. The molecule has 1 atom stereocenters. The summed E-state index contributed by atoms with van der Waals surface area (Å²) in [5.74, 6) is 0.849. The van der Waals surface area contributed by atoms with Gasteiger partial charge in [-0.15, -0.1) is 0 Å². The summed E-state index contributed by atoms with van der Waals surface area (Å²) in [6.07, 6.45) is 6.17. The van der Waals surface area contributed by atoms with Crippen molar-refractivity contribution >= 4 is 0 Å². The zero-order valence-corrected chi connectivity index (χ0v) is 10.0. The van der Waals surface area contributed by atoms with E-state index in [1.165, 1.54) is 25.1 Å². The number of hydrogen-bond acceptors (Lipinski definition) is 3. The molecule has 3 nitrogen and oxygen atoms in total. The molecule has 0 bridgehead atoms. The third-order valence-electron chi connectivity index (χ3n) is 3.26. The van der Waals surface area contributed by atoms with Crippen LogP contribution < -0.4 is 5.32 Å². The van der Waals surface area contributed by atoms with E-state index in [9.17, 15) is 0 Å². The molecule has 1 fully saturated rings.